The first kappa shape index (κ1) is 17.8. The molecule has 2 N–H and O–H groups in total. The van der Waals surface area contributed by atoms with Gasteiger partial charge in [-0.3, -0.25) is 20.4 Å². The largest absolute Gasteiger partial charge is 0.457 e. The lowest BCUT2D eigenvalue weighted by molar-refractivity contribution is 0.0840. The first-order valence-corrected chi connectivity index (χ1v) is 8.58. The molecule has 2 aromatic carbocycles. The predicted molar refractivity (Wildman–Crippen MR) is 101 cm³/mol. The third-order valence-electron chi connectivity index (χ3n) is 3.60. The van der Waals surface area contributed by atoms with Gasteiger partial charge in [0.15, 0.2) is 0 Å². The number of hydrogen-bond acceptors (Lipinski definition) is 3. The van der Waals surface area contributed by atoms with Gasteiger partial charge in [-0.25, -0.2) is 0 Å². The van der Waals surface area contributed by atoms with E-state index in [9.17, 15) is 9.59 Å². The molecule has 26 heavy (non-hydrogen) atoms. The van der Waals surface area contributed by atoms with Crippen molar-refractivity contribution >= 4 is 27.7 Å². The van der Waals surface area contributed by atoms with Gasteiger partial charge in [-0.15, -0.1) is 0 Å². The number of nitrogens with one attached hydrogen (secondary N) is 2. The number of ether oxygens (including phenoxy) is 1. The summed E-state index contributed by atoms with van der Waals surface area (Å²) in [5.41, 5.74) is 5.54. The van der Waals surface area contributed by atoms with E-state index >= 15 is 0 Å². The number of para-hydroxylation sites is 2. The zero-order valence-corrected chi connectivity index (χ0v) is 15.5. The molecule has 6 nitrogen and oxygen atoms in total. The first-order valence-electron chi connectivity index (χ1n) is 7.79. The molecule has 132 valence electrons. The Balaban J connectivity index is 1.70. The molecule has 1 aromatic heterocycles. The van der Waals surface area contributed by atoms with Crippen LogP contribution in [0, 0.1) is 0 Å². The van der Waals surface area contributed by atoms with E-state index in [0.717, 1.165) is 4.47 Å². The number of rotatable bonds is 4. The molecule has 0 aliphatic rings. The van der Waals surface area contributed by atoms with E-state index in [4.69, 9.17) is 4.74 Å². The van der Waals surface area contributed by atoms with E-state index in [2.05, 4.69) is 26.8 Å². The van der Waals surface area contributed by atoms with Crippen LogP contribution >= 0.6 is 15.9 Å². The minimum Gasteiger partial charge on any atom is -0.457 e. The van der Waals surface area contributed by atoms with Gasteiger partial charge in [0.1, 0.15) is 17.2 Å². The van der Waals surface area contributed by atoms with Crippen LogP contribution in [0.3, 0.4) is 0 Å². The van der Waals surface area contributed by atoms with Crippen LogP contribution in [0.4, 0.5) is 0 Å². The molecule has 3 aromatic rings. The quantitative estimate of drug-likeness (QED) is 0.641. The third kappa shape index (κ3) is 4.12. The Bertz CT molecular complexity index is 938. The van der Waals surface area contributed by atoms with Gasteiger partial charge >= 0.3 is 0 Å². The lowest BCUT2D eigenvalue weighted by atomic mass is 10.2. The average Bonchev–Trinajstić information content (AvgIpc) is 2.99. The molecule has 0 spiro atoms. The molecule has 7 heteroatoms. The Morgan fingerprint density at radius 1 is 0.962 bits per heavy atom. The van der Waals surface area contributed by atoms with Crippen molar-refractivity contribution in [1.29, 1.82) is 0 Å². The molecule has 1 heterocycles. The van der Waals surface area contributed by atoms with Gasteiger partial charge in [0.2, 0.25) is 0 Å². The molecule has 0 saturated heterocycles. The minimum absolute atomic E-state index is 0.310. The van der Waals surface area contributed by atoms with E-state index in [-0.39, 0.29) is 0 Å². The van der Waals surface area contributed by atoms with E-state index in [1.165, 1.54) is 0 Å². The monoisotopic (exact) mass is 413 g/mol. The fourth-order valence-electron chi connectivity index (χ4n) is 2.35. The standard InChI is InChI=1S/C19H16BrN3O3/c1-23-12-13(20)11-16(23)19(25)22-21-18(24)15-9-5-6-10-17(15)26-14-7-3-2-4-8-14/h2-12H,1H3,(H,21,24)(H,22,25). The molecule has 0 bridgehead atoms. The number of aromatic nitrogens is 1. The van der Waals surface area contributed by atoms with E-state index in [0.29, 0.717) is 22.8 Å². The van der Waals surface area contributed by atoms with Crippen molar-refractivity contribution in [3.8, 4) is 11.5 Å². The Morgan fingerprint density at radius 2 is 1.62 bits per heavy atom. The highest BCUT2D eigenvalue weighted by molar-refractivity contribution is 9.10. The predicted octanol–water partition coefficient (Wildman–Crippen LogP) is 3.65. The fraction of sp³-hybridized carbons (Fsp3) is 0.0526. The lowest BCUT2D eigenvalue weighted by Crippen LogP contribution is -2.42. The summed E-state index contributed by atoms with van der Waals surface area (Å²) in [5.74, 6) is 0.115. The van der Waals surface area contributed by atoms with Crippen molar-refractivity contribution in [2.75, 3.05) is 0 Å². The number of halogens is 1. The van der Waals surface area contributed by atoms with E-state index < -0.39 is 11.8 Å². The van der Waals surface area contributed by atoms with Gasteiger partial charge in [0.05, 0.1) is 5.56 Å². The number of hydrogen-bond donors (Lipinski definition) is 2. The molecule has 0 aliphatic carbocycles. The summed E-state index contributed by atoms with van der Waals surface area (Å²) in [7, 11) is 1.74. The Labute approximate surface area is 158 Å². The molecular formula is C19H16BrN3O3. The van der Waals surface area contributed by atoms with Crippen molar-refractivity contribution in [3.05, 3.63) is 82.6 Å². The summed E-state index contributed by atoms with van der Waals surface area (Å²) < 4.78 is 8.19. The maximum absolute atomic E-state index is 12.5. The van der Waals surface area contributed by atoms with Crippen molar-refractivity contribution in [2.45, 2.75) is 0 Å². The molecule has 0 aliphatic heterocycles. The second kappa shape index (κ2) is 7.88. The Kier molecular flexibility index (Phi) is 5.38. The highest BCUT2D eigenvalue weighted by atomic mass is 79.9. The summed E-state index contributed by atoms with van der Waals surface area (Å²) in [5, 5.41) is 0. The van der Waals surface area contributed by atoms with Crippen LogP contribution in [-0.4, -0.2) is 16.4 Å². The lowest BCUT2D eigenvalue weighted by Gasteiger charge is -2.12. The number of hydrazine groups is 1. The number of benzene rings is 2. The number of carbonyl (C=O) groups is 2. The molecule has 0 radical (unpaired) electrons. The van der Waals surface area contributed by atoms with Crippen LogP contribution in [-0.2, 0) is 7.05 Å². The van der Waals surface area contributed by atoms with Gasteiger partial charge in [0, 0.05) is 17.7 Å². The number of aryl methyl sites for hydroxylation is 1. The summed E-state index contributed by atoms with van der Waals surface area (Å²) in [6, 6.07) is 17.6. The average molecular weight is 414 g/mol. The fourth-order valence-corrected chi connectivity index (χ4v) is 2.88. The van der Waals surface area contributed by atoms with Gasteiger partial charge in [0.25, 0.3) is 11.8 Å². The molecule has 0 fully saturated rings. The van der Waals surface area contributed by atoms with Crippen LogP contribution in [0.1, 0.15) is 20.8 Å². The highest BCUT2D eigenvalue weighted by Crippen LogP contribution is 2.24. The van der Waals surface area contributed by atoms with Gasteiger partial charge in [-0.2, -0.15) is 0 Å². The highest BCUT2D eigenvalue weighted by Gasteiger charge is 2.15. The van der Waals surface area contributed by atoms with Crippen molar-refractivity contribution in [3.63, 3.8) is 0 Å². The Hall–Kier alpha value is -3.06. The number of amides is 2. The number of carbonyl (C=O) groups excluding carboxylic acids is 2. The van der Waals surface area contributed by atoms with Crippen molar-refractivity contribution < 1.29 is 14.3 Å². The second-order valence-electron chi connectivity index (χ2n) is 5.47. The van der Waals surface area contributed by atoms with Gasteiger partial charge in [-0.05, 0) is 46.3 Å². The molecular weight excluding hydrogens is 398 g/mol. The van der Waals surface area contributed by atoms with E-state index in [1.807, 2.05) is 18.2 Å². The first-order chi connectivity index (χ1) is 12.5. The molecule has 0 saturated carbocycles. The summed E-state index contributed by atoms with van der Waals surface area (Å²) in [6.45, 7) is 0. The van der Waals surface area contributed by atoms with Crippen LogP contribution in [0.25, 0.3) is 0 Å². The SMILES string of the molecule is Cn1cc(Br)cc1C(=O)NNC(=O)c1ccccc1Oc1ccccc1. The van der Waals surface area contributed by atoms with E-state index in [1.54, 1.807) is 60.3 Å². The third-order valence-corrected chi connectivity index (χ3v) is 4.03. The maximum atomic E-state index is 12.5. The zero-order valence-electron chi connectivity index (χ0n) is 13.9. The van der Waals surface area contributed by atoms with Crippen LogP contribution in [0.2, 0.25) is 0 Å². The Morgan fingerprint density at radius 3 is 2.31 bits per heavy atom. The van der Waals surface area contributed by atoms with Crippen LogP contribution < -0.4 is 15.6 Å². The van der Waals surface area contributed by atoms with Crippen LogP contribution in [0.15, 0.2) is 71.3 Å². The summed E-state index contributed by atoms with van der Waals surface area (Å²) in [4.78, 5) is 24.7. The van der Waals surface area contributed by atoms with Crippen LogP contribution in [0.5, 0.6) is 11.5 Å². The van der Waals surface area contributed by atoms with Crippen molar-refractivity contribution in [2.24, 2.45) is 7.05 Å². The topological polar surface area (TPSA) is 72.4 Å². The minimum atomic E-state index is -0.474. The van der Waals surface area contributed by atoms with Crippen molar-refractivity contribution in [1.82, 2.24) is 15.4 Å². The second-order valence-corrected chi connectivity index (χ2v) is 6.39. The molecule has 0 atom stereocenters. The zero-order chi connectivity index (χ0) is 18.5. The molecule has 3 rings (SSSR count). The summed E-state index contributed by atoms with van der Waals surface area (Å²) >= 11 is 3.30. The van der Waals surface area contributed by atoms with Gasteiger partial charge in [-0.1, -0.05) is 30.3 Å². The van der Waals surface area contributed by atoms with Gasteiger partial charge < -0.3 is 9.30 Å². The normalized spacial score (nSPS) is 10.2. The smallest absolute Gasteiger partial charge is 0.286 e. The molecule has 0 unspecified atom stereocenters. The maximum Gasteiger partial charge on any atom is 0.286 e. The number of nitrogens with zero attached hydrogens (tertiary/aromatic N) is 1. The molecule has 2 amide bonds. The summed E-state index contributed by atoms with van der Waals surface area (Å²) in [6.07, 6.45) is 1.75.